The van der Waals surface area contributed by atoms with E-state index in [1.54, 1.807) is 6.20 Å². The molecule has 0 aromatic carbocycles. The third kappa shape index (κ3) is 2.50. The minimum atomic E-state index is 0.612. The lowest BCUT2D eigenvalue weighted by Crippen LogP contribution is -2.40. The smallest absolute Gasteiger partial charge is 0.151 e. The molecule has 88 valence electrons. The summed E-state index contributed by atoms with van der Waals surface area (Å²) in [5.41, 5.74) is 0. The molecule has 16 heavy (non-hydrogen) atoms. The van der Waals surface area contributed by atoms with Gasteiger partial charge in [-0.05, 0) is 44.9 Å². The van der Waals surface area contributed by atoms with Crippen molar-refractivity contribution < 1.29 is 0 Å². The fourth-order valence-electron chi connectivity index (χ4n) is 2.42. The summed E-state index contributed by atoms with van der Waals surface area (Å²) in [6, 6.07) is 5.28. The molecule has 0 unspecified atom stereocenters. The fourth-order valence-corrected chi connectivity index (χ4v) is 2.42. The van der Waals surface area contributed by atoms with Crippen molar-refractivity contribution in [2.75, 3.05) is 19.0 Å². The van der Waals surface area contributed by atoms with Gasteiger partial charge >= 0.3 is 0 Å². The first-order valence-corrected chi connectivity index (χ1v) is 5.99. The van der Waals surface area contributed by atoms with E-state index in [9.17, 15) is 0 Å². The van der Waals surface area contributed by atoms with Crippen molar-refractivity contribution >= 4 is 5.82 Å². The molecule has 0 amide bonds. The van der Waals surface area contributed by atoms with Crippen LogP contribution in [0.1, 0.15) is 25.7 Å². The lowest BCUT2D eigenvalue weighted by Gasteiger charge is -2.34. The Morgan fingerprint density at radius 1 is 1.31 bits per heavy atom. The van der Waals surface area contributed by atoms with Crippen molar-refractivity contribution in [3.63, 3.8) is 0 Å². The van der Waals surface area contributed by atoms with Gasteiger partial charge in [-0.2, -0.15) is 5.10 Å². The largest absolute Gasteiger partial charge is 0.355 e. The molecule has 0 saturated heterocycles. The van der Waals surface area contributed by atoms with Gasteiger partial charge in [-0.25, -0.2) is 0 Å². The summed E-state index contributed by atoms with van der Waals surface area (Å²) in [7, 11) is 4.17. The Kier molecular flexibility index (Phi) is 3.72. The van der Waals surface area contributed by atoms with E-state index in [4.69, 9.17) is 0 Å². The van der Waals surface area contributed by atoms with Crippen LogP contribution in [0, 0.1) is 0 Å². The first-order valence-electron chi connectivity index (χ1n) is 5.99. The minimum Gasteiger partial charge on any atom is -0.355 e. The summed E-state index contributed by atoms with van der Waals surface area (Å²) in [5.74, 6) is 0.982. The summed E-state index contributed by atoms with van der Waals surface area (Å²) in [6.45, 7) is 0. The zero-order chi connectivity index (χ0) is 11.4. The van der Waals surface area contributed by atoms with E-state index >= 15 is 0 Å². The Bertz CT molecular complexity index is 306. The predicted octanol–water partition coefficient (Wildman–Crippen LogP) is 1.44. The molecular weight excluding hydrogens is 200 g/mol. The first kappa shape index (κ1) is 11.3. The number of anilines is 1. The molecule has 0 spiro atoms. The zero-order valence-corrected chi connectivity index (χ0v) is 10.1. The van der Waals surface area contributed by atoms with E-state index in [0.29, 0.717) is 12.1 Å². The molecule has 2 rings (SSSR count). The van der Waals surface area contributed by atoms with Crippen LogP contribution in [0.3, 0.4) is 0 Å². The number of nitrogens with one attached hydrogen (secondary N) is 1. The first-order chi connectivity index (χ1) is 7.81. The molecule has 1 aliphatic carbocycles. The van der Waals surface area contributed by atoms with Crippen LogP contribution in [-0.4, -0.2) is 36.4 Å². The zero-order valence-electron chi connectivity index (χ0n) is 10.1. The molecule has 1 heterocycles. The summed E-state index contributed by atoms with van der Waals surface area (Å²) in [6.07, 6.45) is 6.70. The highest BCUT2D eigenvalue weighted by molar-refractivity contribution is 5.36. The van der Waals surface area contributed by atoms with Gasteiger partial charge in [0.15, 0.2) is 5.82 Å². The van der Waals surface area contributed by atoms with E-state index in [-0.39, 0.29) is 0 Å². The standard InChI is InChI=1S/C12H20N4/c1-13-10-5-7-11(8-6-10)16(2)12-4-3-9-14-15-12/h3-4,9-11,13H,5-8H2,1-2H3. The third-order valence-corrected chi connectivity index (χ3v) is 3.57. The number of hydrogen-bond donors (Lipinski definition) is 1. The molecule has 1 saturated carbocycles. The Morgan fingerprint density at radius 2 is 2.06 bits per heavy atom. The second-order valence-corrected chi connectivity index (χ2v) is 4.49. The second-order valence-electron chi connectivity index (χ2n) is 4.49. The normalized spacial score (nSPS) is 25.4. The predicted molar refractivity (Wildman–Crippen MR) is 65.5 cm³/mol. The molecule has 1 N–H and O–H groups in total. The van der Waals surface area contributed by atoms with Crippen LogP contribution in [-0.2, 0) is 0 Å². The third-order valence-electron chi connectivity index (χ3n) is 3.57. The molecule has 0 radical (unpaired) electrons. The minimum absolute atomic E-state index is 0.612. The van der Waals surface area contributed by atoms with Gasteiger partial charge in [-0.1, -0.05) is 0 Å². The van der Waals surface area contributed by atoms with E-state index in [2.05, 4.69) is 34.5 Å². The maximum Gasteiger partial charge on any atom is 0.151 e. The van der Waals surface area contributed by atoms with Crippen LogP contribution in [0.25, 0.3) is 0 Å². The van der Waals surface area contributed by atoms with Gasteiger partial charge in [-0.15, -0.1) is 5.10 Å². The maximum absolute atomic E-state index is 4.15. The molecule has 0 bridgehead atoms. The molecule has 1 aromatic heterocycles. The van der Waals surface area contributed by atoms with Gasteiger partial charge in [-0.3, -0.25) is 0 Å². The van der Waals surface area contributed by atoms with Gasteiger partial charge in [0.25, 0.3) is 0 Å². The highest BCUT2D eigenvalue weighted by Crippen LogP contribution is 2.24. The fraction of sp³-hybridized carbons (Fsp3) is 0.667. The van der Waals surface area contributed by atoms with Gasteiger partial charge in [0.05, 0.1) is 0 Å². The summed E-state index contributed by atoms with van der Waals surface area (Å²) >= 11 is 0. The molecule has 1 aliphatic rings. The molecule has 0 aliphatic heterocycles. The molecule has 1 fully saturated rings. The van der Waals surface area contributed by atoms with Gasteiger partial charge in [0.1, 0.15) is 0 Å². The molecule has 1 aromatic rings. The van der Waals surface area contributed by atoms with E-state index in [0.717, 1.165) is 5.82 Å². The number of hydrogen-bond acceptors (Lipinski definition) is 4. The van der Waals surface area contributed by atoms with Crippen LogP contribution >= 0.6 is 0 Å². The number of nitrogens with zero attached hydrogens (tertiary/aromatic N) is 3. The maximum atomic E-state index is 4.15. The second kappa shape index (κ2) is 5.25. The monoisotopic (exact) mass is 220 g/mol. The van der Waals surface area contributed by atoms with E-state index in [1.165, 1.54) is 25.7 Å². The molecular formula is C12H20N4. The Balaban J connectivity index is 1.94. The van der Waals surface area contributed by atoms with Crippen molar-refractivity contribution in [2.24, 2.45) is 0 Å². The number of aromatic nitrogens is 2. The highest BCUT2D eigenvalue weighted by Gasteiger charge is 2.23. The molecule has 0 atom stereocenters. The Labute approximate surface area is 97.1 Å². The van der Waals surface area contributed by atoms with Crippen LogP contribution < -0.4 is 10.2 Å². The number of rotatable bonds is 3. The van der Waals surface area contributed by atoms with Gasteiger partial charge in [0, 0.05) is 25.3 Å². The van der Waals surface area contributed by atoms with Crippen molar-refractivity contribution in [1.29, 1.82) is 0 Å². The van der Waals surface area contributed by atoms with Crippen LogP contribution in [0.4, 0.5) is 5.82 Å². The lowest BCUT2D eigenvalue weighted by atomic mass is 9.90. The van der Waals surface area contributed by atoms with Crippen LogP contribution in [0.15, 0.2) is 18.3 Å². The van der Waals surface area contributed by atoms with Gasteiger partial charge in [0.2, 0.25) is 0 Å². The highest BCUT2D eigenvalue weighted by atomic mass is 15.3. The lowest BCUT2D eigenvalue weighted by molar-refractivity contribution is 0.350. The SMILES string of the molecule is CNC1CCC(N(C)c2cccnn2)CC1. The van der Waals surface area contributed by atoms with Crippen molar-refractivity contribution in [3.8, 4) is 0 Å². The van der Waals surface area contributed by atoms with E-state index < -0.39 is 0 Å². The van der Waals surface area contributed by atoms with Crippen LogP contribution in [0.5, 0.6) is 0 Å². The van der Waals surface area contributed by atoms with Crippen molar-refractivity contribution in [2.45, 2.75) is 37.8 Å². The summed E-state index contributed by atoms with van der Waals surface area (Å²) < 4.78 is 0. The Hall–Kier alpha value is -1.16. The van der Waals surface area contributed by atoms with Crippen LogP contribution in [0.2, 0.25) is 0 Å². The van der Waals surface area contributed by atoms with E-state index in [1.807, 2.05) is 12.1 Å². The summed E-state index contributed by atoms with van der Waals surface area (Å²) in [4.78, 5) is 2.26. The summed E-state index contributed by atoms with van der Waals surface area (Å²) in [5, 5.41) is 11.4. The molecule has 4 heteroatoms. The topological polar surface area (TPSA) is 41.0 Å². The average Bonchev–Trinajstić information content (AvgIpc) is 2.39. The Morgan fingerprint density at radius 3 is 2.62 bits per heavy atom. The average molecular weight is 220 g/mol. The van der Waals surface area contributed by atoms with Crippen molar-refractivity contribution in [3.05, 3.63) is 18.3 Å². The molecule has 4 nitrogen and oxygen atoms in total. The quantitative estimate of drug-likeness (QED) is 0.837. The van der Waals surface area contributed by atoms with Crippen molar-refractivity contribution in [1.82, 2.24) is 15.5 Å². The van der Waals surface area contributed by atoms with Gasteiger partial charge < -0.3 is 10.2 Å².